The predicted octanol–water partition coefficient (Wildman–Crippen LogP) is 1.62. The Labute approximate surface area is 96.6 Å². The maximum absolute atomic E-state index is 9.85. The molecule has 0 amide bonds. The van der Waals surface area contributed by atoms with Crippen LogP contribution in [0.3, 0.4) is 0 Å². The lowest BCUT2D eigenvalue weighted by atomic mass is 10.1. The van der Waals surface area contributed by atoms with Gasteiger partial charge in [0.15, 0.2) is 0 Å². The van der Waals surface area contributed by atoms with Crippen LogP contribution >= 0.6 is 0 Å². The lowest BCUT2D eigenvalue weighted by Crippen LogP contribution is -2.48. The lowest BCUT2D eigenvalue weighted by molar-refractivity contribution is -0.131. The summed E-state index contributed by atoms with van der Waals surface area (Å²) in [6.45, 7) is 1.83. The van der Waals surface area contributed by atoms with E-state index in [1.807, 2.05) is 18.2 Å². The van der Waals surface area contributed by atoms with Crippen LogP contribution in [0.15, 0.2) is 30.3 Å². The van der Waals surface area contributed by atoms with Gasteiger partial charge in [0.1, 0.15) is 6.23 Å². The van der Waals surface area contributed by atoms with Crippen LogP contribution in [0.5, 0.6) is 0 Å². The van der Waals surface area contributed by atoms with Crippen LogP contribution in [0, 0.1) is 0 Å². The monoisotopic (exact) mass is 221 g/mol. The molecule has 1 aliphatic rings. The first kappa shape index (κ1) is 11.6. The summed E-state index contributed by atoms with van der Waals surface area (Å²) in [6, 6.07) is 10.3. The number of aliphatic hydroxyl groups excluding tert-OH is 1. The molecule has 0 radical (unpaired) electrons. The molecule has 1 N–H and O–H groups in total. The van der Waals surface area contributed by atoms with E-state index in [0.29, 0.717) is 0 Å². The molecular weight excluding hydrogens is 202 g/mol. The molecule has 3 nitrogen and oxygen atoms in total. The number of hydrogen-bond donors (Lipinski definition) is 1. The Morgan fingerprint density at radius 3 is 2.81 bits per heavy atom. The lowest BCUT2D eigenvalue weighted by Gasteiger charge is -2.37. The minimum atomic E-state index is -0.359. The SMILES string of the molecule is COC1C(O)CCCN1Cc1ccccc1. The number of rotatable bonds is 3. The molecule has 1 fully saturated rings. The molecule has 2 unspecified atom stereocenters. The molecule has 1 aromatic rings. The van der Waals surface area contributed by atoms with Crippen molar-refractivity contribution in [3.05, 3.63) is 35.9 Å². The van der Waals surface area contributed by atoms with E-state index in [1.165, 1.54) is 5.56 Å². The van der Waals surface area contributed by atoms with Crippen molar-refractivity contribution >= 4 is 0 Å². The van der Waals surface area contributed by atoms with Gasteiger partial charge in [-0.3, -0.25) is 4.90 Å². The van der Waals surface area contributed by atoms with Crippen molar-refractivity contribution in [2.45, 2.75) is 31.7 Å². The second-order valence-corrected chi connectivity index (χ2v) is 4.29. The average Bonchev–Trinajstić information content (AvgIpc) is 2.31. The molecule has 1 aromatic carbocycles. The number of nitrogens with zero attached hydrogens (tertiary/aromatic N) is 1. The minimum Gasteiger partial charge on any atom is -0.389 e. The van der Waals surface area contributed by atoms with Gasteiger partial charge in [0, 0.05) is 20.2 Å². The van der Waals surface area contributed by atoms with E-state index in [1.54, 1.807) is 7.11 Å². The summed E-state index contributed by atoms with van der Waals surface area (Å²) in [5.41, 5.74) is 1.26. The third-order valence-electron chi connectivity index (χ3n) is 3.10. The van der Waals surface area contributed by atoms with Crippen molar-refractivity contribution in [3.63, 3.8) is 0 Å². The first-order valence-corrected chi connectivity index (χ1v) is 5.80. The fourth-order valence-corrected chi connectivity index (χ4v) is 2.31. The molecule has 2 rings (SSSR count). The summed E-state index contributed by atoms with van der Waals surface area (Å²) in [5, 5.41) is 9.85. The zero-order valence-corrected chi connectivity index (χ0v) is 9.67. The highest BCUT2D eigenvalue weighted by Gasteiger charge is 2.29. The quantitative estimate of drug-likeness (QED) is 0.841. The summed E-state index contributed by atoms with van der Waals surface area (Å²) in [5.74, 6) is 0. The number of aliphatic hydroxyl groups is 1. The molecule has 0 aliphatic carbocycles. The van der Waals surface area contributed by atoms with Gasteiger partial charge in [-0.05, 0) is 18.4 Å². The Balaban J connectivity index is 2.02. The van der Waals surface area contributed by atoms with Crippen molar-refractivity contribution in [1.29, 1.82) is 0 Å². The van der Waals surface area contributed by atoms with E-state index in [4.69, 9.17) is 4.74 Å². The molecular formula is C13H19NO2. The molecule has 0 saturated carbocycles. The van der Waals surface area contributed by atoms with Gasteiger partial charge in [0.05, 0.1) is 6.10 Å². The second kappa shape index (κ2) is 5.43. The minimum absolute atomic E-state index is 0.158. The zero-order chi connectivity index (χ0) is 11.4. The van der Waals surface area contributed by atoms with Gasteiger partial charge >= 0.3 is 0 Å². The van der Waals surface area contributed by atoms with Crippen molar-refractivity contribution in [2.24, 2.45) is 0 Å². The Kier molecular flexibility index (Phi) is 3.93. The number of piperidine rings is 1. The van der Waals surface area contributed by atoms with Crippen molar-refractivity contribution in [1.82, 2.24) is 4.90 Å². The fourth-order valence-electron chi connectivity index (χ4n) is 2.31. The highest BCUT2D eigenvalue weighted by molar-refractivity contribution is 5.14. The number of ether oxygens (including phenoxy) is 1. The number of methoxy groups -OCH3 is 1. The molecule has 1 aliphatic heterocycles. The maximum Gasteiger partial charge on any atom is 0.136 e. The third kappa shape index (κ3) is 2.61. The number of benzene rings is 1. The molecule has 0 aromatic heterocycles. The summed E-state index contributed by atoms with van der Waals surface area (Å²) in [4.78, 5) is 2.20. The molecule has 88 valence electrons. The highest BCUT2D eigenvalue weighted by atomic mass is 16.5. The highest BCUT2D eigenvalue weighted by Crippen LogP contribution is 2.20. The average molecular weight is 221 g/mol. The summed E-state index contributed by atoms with van der Waals surface area (Å²) in [6.07, 6.45) is 1.36. The van der Waals surface area contributed by atoms with E-state index < -0.39 is 0 Å². The van der Waals surface area contributed by atoms with E-state index in [9.17, 15) is 5.11 Å². The van der Waals surface area contributed by atoms with Gasteiger partial charge < -0.3 is 9.84 Å². The molecule has 0 bridgehead atoms. The van der Waals surface area contributed by atoms with Crippen molar-refractivity contribution in [2.75, 3.05) is 13.7 Å². The van der Waals surface area contributed by atoms with E-state index in [0.717, 1.165) is 25.9 Å². The van der Waals surface area contributed by atoms with Crippen LogP contribution in [0.4, 0.5) is 0 Å². The van der Waals surface area contributed by atoms with Crippen molar-refractivity contribution in [3.8, 4) is 0 Å². The summed E-state index contributed by atoms with van der Waals surface area (Å²) in [7, 11) is 1.66. The van der Waals surface area contributed by atoms with Crippen LogP contribution in [-0.4, -0.2) is 36.0 Å². The standard InChI is InChI=1S/C13H19NO2/c1-16-13-12(15)8-5-9-14(13)10-11-6-3-2-4-7-11/h2-4,6-7,12-13,15H,5,8-10H2,1H3. The largest absolute Gasteiger partial charge is 0.389 e. The van der Waals surface area contributed by atoms with E-state index >= 15 is 0 Å². The van der Waals surface area contributed by atoms with E-state index in [-0.39, 0.29) is 12.3 Å². The maximum atomic E-state index is 9.85. The van der Waals surface area contributed by atoms with Crippen LogP contribution in [0.1, 0.15) is 18.4 Å². The van der Waals surface area contributed by atoms with Crippen LogP contribution in [0.25, 0.3) is 0 Å². The fraction of sp³-hybridized carbons (Fsp3) is 0.538. The molecule has 2 atom stereocenters. The van der Waals surface area contributed by atoms with Crippen LogP contribution < -0.4 is 0 Å². The first-order valence-electron chi connectivity index (χ1n) is 5.80. The van der Waals surface area contributed by atoms with Gasteiger partial charge in [0.25, 0.3) is 0 Å². The summed E-state index contributed by atoms with van der Waals surface area (Å²) >= 11 is 0. The number of hydrogen-bond acceptors (Lipinski definition) is 3. The topological polar surface area (TPSA) is 32.7 Å². The van der Waals surface area contributed by atoms with Crippen LogP contribution in [-0.2, 0) is 11.3 Å². The normalized spacial score (nSPS) is 26.9. The Hall–Kier alpha value is -0.900. The van der Waals surface area contributed by atoms with E-state index in [2.05, 4.69) is 17.0 Å². The smallest absolute Gasteiger partial charge is 0.136 e. The van der Waals surface area contributed by atoms with Gasteiger partial charge in [-0.2, -0.15) is 0 Å². The van der Waals surface area contributed by atoms with Gasteiger partial charge in [-0.15, -0.1) is 0 Å². The first-order chi connectivity index (χ1) is 7.81. The van der Waals surface area contributed by atoms with Gasteiger partial charge in [0.2, 0.25) is 0 Å². The molecule has 3 heteroatoms. The van der Waals surface area contributed by atoms with Crippen LogP contribution in [0.2, 0.25) is 0 Å². The molecule has 0 spiro atoms. The number of likely N-dealkylation sites (tertiary alicyclic amines) is 1. The summed E-state index contributed by atoms with van der Waals surface area (Å²) < 4.78 is 5.36. The zero-order valence-electron chi connectivity index (χ0n) is 9.67. The van der Waals surface area contributed by atoms with Crippen molar-refractivity contribution < 1.29 is 9.84 Å². The predicted molar refractivity (Wildman–Crippen MR) is 62.9 cm³/mol. The van der Waals surface area contributed by atoms with Gasteiger partial charge in [-0.25, -0.2) is 0 Å². The molecule has 16 heavy (non-hydrogen) atoms. The molecule has 1 saturated heterocycles. The van der Waals surface area contributed by atoms with Gasteiger partial charge in [-0.1, -0.05) is 30.3 Å². The Morgan fingerprint density at radius 1 is 1.38 bits per heavy atom. The molecule has 1 heterocycles. The second-order valence-electron chi connectivity index (χ2n) is 4.29. The Bertz CT molecular complexity index is 315. The third-order valence-corrected chi connectivity index (χ3v) is 3.10. The Morgan fingerprint density at radius 2 is 2.12 bits per heavy atom.